The van der Waals surface area contributed by atoms with Gasteiger partial charge in [-0.1, -0.05) is 35.9 Å². The van der Waals surface area contributed by atoms with Gasteiger partial charge in [0.05, 0.1) is 11.6 Å². The fraction of sp³-hybridized carbons (Fsp3) is 0.350. The van der Waals surface area contributed by atoms with Crippen molar-refractivity contribution in [1.82, 2.24) is 9.62 Å². The van der Waals surface area contributed by atoms with Gasteiger partial charge in [0, 0.05) is 18.8 Å². The predicted octanol–water partition coefficient (Wildman–Crippen LogP) is 2.11. The number of benzene rings is 2. The number of nitrogens with one attached hydrogen (secondary N) is 1. The van der Waals surface area contributed by atoms with Gasteiger partial charge in [0.1, 0.15) is 5.54 Å². The van der Waals surface area contributed by atoms with Crippen LogP contribution in [-0.4, -0.2) is 43.9 Å². The number of carbonyl (C=O) groups is 1. The van der Waals surface area contributed by atoms with Crippen LogP contribution >= 0.6 is 0 Å². The van der Waals surface area contributed by atoms with Crippen molar-refractivity contribution < 1.29 is 13.2 Å². The zero-order chi connectivity index (χ0) is 19.1. The summed E-state index contributed by atoms with van der Waals surface area (Å²) in [7, 11) is -3.54. The second kappa shape index (κ2) is 6.65. The third kappa shape index (κ3) is 3.00. The minimum absolute atomic E-state index is 0.0151. The highest BCUT2D eigenvalue weighted by Crippen LogP contribution is 2.37. The van der Waals surface area contributed by atoms with E-state index in [2.05, 4.69) is 10.2 Å². The van der Waals surface area contributed by atoms with Crippen LogP contribution in [0.3, 0.4) is 0 Å². The molecule has 0 aliphatic carbocycles. The third-order valence-electron chi connectivity index (χ3n) is 5.61. The lowest BCUT2D eigenvalue weighted by atomic mass is 9.86. The molecule has 7 heteroatoms. The van der Waals surface area contributed by atoms with Crippen molar-refractivity contribution in [3.05, 3.63) is 60.2 Å². The fourth-order valence-electron chi connectivity index (χ4n) is 3.99. The summed E-state index contributed by atoms with van der Waals surface area (Å²) >= 11 is 0. The molecule has 1 spiro atoms. The Labute approximate surface area is 159 Å². The third-order valence-corrected chi connectivity index (χ3v) is 7.53. The Kier molecular flexibility index (Phi) is 4.44. The van der Waals surface area contributed by atoms with Crippen molar-refractivity contribution in [3.63, 3.8) is 0 Å². The highest BCUT2D eigenvalue weighted by Gasteiger charge is 2.51. The van der Waals surface area contributed by atoms with E-state index in [4.69, 9.17) is 0 Å². The summed E-state index contributed by atoms with van der Waals surface area (Å²) < 4.78 is 27.4. The maximum Gasteiger partial charge on any atom is 0.247 e. The van der Waals surface area contributed by atoms with Crippen molar-refractivity contribution in [2.45, 2.75) is 30.2 Å². The number of rotatable bonds is 3. The van der Waals surface area contributed by atoms with E-state index in [1.54, 1.807) is 24.3 Å². The summed E-state index contributed by atoms with van der Waals surface area (Å²) in [6, 6.07) is 16.7. The SMILES string of the molecule is Cc1ccc(S(=O)(=O)N2CCC3(CC2)C(=O)NCN3c2ccccc2)cc1. The van der Waals surface area contributed by atoms with Crippen molar-refractivity contribution in [2.24, 2.45) is 0 Å². The fourth-order valence-corrected chi connectivity index (χ4v) is 5.43. The molecule has 0 unspecified atom stereocenters. The molecule has 2 aromatic carbocycles. The number of para-hydroxylation sites is 1. The van der Waals surface area contributed by atoms with Gasteiger partial charge in [-0.15, -0.1) is 0 Å². The van der Waals surface area contributed by atoms with Gasteiger partial charge in [0.15, 0.2) is 0 Å². The summed E-state index contributed by atoms with van der Waals surface area (Å²) in [6.45, 7) is 3.03. The average Bonchev–Trinajstić information content (AvgIpc) is 2.99. The molecule has 1 amide bonds. The summed E-state index contributed by atoms with van der Waals surface area (Å²) in [5.74, 6) is -0.0151. The van der Waals surface area contributed by atoms with Gasteiger partial charge in [-0.3, -0.25) is 4.79 Å². The summed E-state index contributed by atoms with van der Waals surface area (Å²) in [5.41, 5.74) is 1.32. The molecule has 0 bridgehead atoms. The van der Waals surface area contributed by atoms with Gasteiger partial charge in [-0.25, -0.2) is 8.42 Å². The second-order valence-electron chi connectivity index (χ2n) is 7.18. The number of amides is 1. The lowest BCUT2D eigenvalue weighted by molar-refractivity contribution is -0.124. The minimum atomic E-state index is -3.54. The van der Waals surface area contributed by atoms with Gasteiger partial charge in [-0.05, 0) is 44.0 Å². The topological polar surface area (TPSA) is 69.7 Å². The molecule has 2 saturated heterocycles. The molecule has 1 N–H and O–H groups in total. The average molecular weight is 385 g/mol. The Bertz CT molecular complexity index is 934. The molecule has 0 aromatic heterocycles. The van der Waals surface area contributed by atoms with Gasteiger partial charge in [0.2, 0.25) is 15.9 Å². The van der Waals surface area contributed by atoms with Crippen molar-refractivity contribution in [3.8, 4) is 0 Å². The van der Waals surface area contributed by atoms with E-state index in [0.717, 1.165) is 11.3 Å². The zero-order valence-electron chi connectivity index (χ0n) is 15.3. The molecule has 0 atom stereocenters. The normalized spacial score (nSPS) is 20.0. The van der Waals surface area contributed by atoms with Crippen molar-refractivity contribution >= 4 is 21.6 Å². The second-order valence-corrected chi connectivity index (χ2v) is 9.11. The van der Waals surface area contributed by atoms with Gasteiger partial charge in [0.25, 0.3) is 0 Å². The Morgan fingerprint density at radius 3 is 2.22 bits per heavy atom. The smallest absolute Gasteiger partial charge is 0.247 e. The van der Waals surface area contributed by atoms with Gasteiger partial charge in [-0.2, -0.15) is 4.31 Å². The largest absolute Gasteiger partial charge is 0.339 e. The first-order valence-electron chi connectivity index (χ1n) is 9.11. The molecule has 4 rings (SSSR count). The maximum absolute atomic E-state index is 12.9. The van der Waals surface area contributed by atoms with E-state index in [0.29, 0.717) is 37.5 Å². The van der Waals surface area contributed by atoms with Crippen LogP contribution in [0.4, 0.5) is 5.69 Å². The van der Waals surface area contributed by atoms with Crippen LogP contribution in [0.1, 0.15) is 18.4 Å². The molecule has 27 heavy (non-hydrogen) atoms. The summed E-state index contributed by atoms with van der Waals surface area (Å²) in [4.78, 5) is 15.1. The number of anilines is 1. The summed E-state index contributed by atoms with van der Waals surface area (Å²) in [6.07, 6.45) is 0.942. The molecule has 2 aliphatic rings. The number of piperidine rings is 1. The lowest BCUT2D eigenvalue weighted by Gasteiger charge is -2.42. The molecular weight excluding hydrogens is 362 g/mol. The molecule has 2 fully saturated rings. The van der Waals surface area contributed by atoms with Crippen LogP contribution in [0.15, 0.2) is 59.5 Å². The number of hydrogen-bond donors (Lipinski definition) is 1. The Balaban J connectivity index is 1.57. The van der Waals surface area contributed by atoms with E-state index in [9.17, 15) is 13.2 Å². The van der Waals surface area contributed by atoms with Crippen LogP contribution in [0.25, 0.3) is 0 Å². The molecule has 2 aromatic rings. The quantitative estimate of drug-likeness (QED) is 0.879. The predicted molar refractivity (Wildman–Crippen MR) is 104 cm³/mol. The van der Waals surface area contributed by atoms with E-state index in [-0.39, 0.29) is 5.91 Å². The first-order chi connectivity index (χ1) is 12.9. The van der Waals surface area contributed by atoms with E-state index < -0.39 is 15.6 Å². The van der Waals surface area contributed by atoms with E-state index in [1.165, 1.54) is 4.31 Å². The monoisotopic (exact) mass is 385 g/mol. The molecule has 2 heterocycles. The lowest BCUT2D eigenvalue weighted by Crippen LogP contribution is -2.57. The first kappa shape index (κ1) is 18.0. The number of sulfonamides is 1. The van der Waals surface area contributed by atoms with Crippen LogP contribution in [0.5, 0.6) is 0 Å². The highest BCUT2D eigenvalue weighted by atomic mass is 32.2. The standard InChI is InChI=1S/C20H23N3O3S/c1-16-7-9-18(10-8-16)27(25,26)22-13-11-20(12-14-22)19(24)21-15-23(20)17-5-3-2-4-6-17/h2-10H,11-15H2,1H3,(H,21,24). The maximum atomic E-state index is 12.9. The zero-order valence-corrected chi connectivity index (χ0v) is 16.1. The van der Waals surface area contributed by atoms with Gasteiger partial charge < -0.3 is 10.2 Å². The van der Waals surface area contributed by atoms with Crippen LogP contribution < -0.4 is 10.2 Å². The Morgan fingerprint density at radius 2 is 1.59 bits per heavy atom. The number of carbonyl (C=O) groups excluding carboxylic acids is 1. The van der Waals surface area contributed by atoms with Crippen LogP contribution in [0, 0.1) is 6.92 Å². The molecular formula is C20H23N3O3S. The number of hydrogen-bond acceptors (Lipinski definition) is 4. The Morgan fingerprint density at radius 1 is 0.963 bits per heavy atom. The van der Waals surface area contributed by atoms with Crippen LogP contribution in [0.2, 0.25) is 0 Å². The van der Waals surface area contributed by atoms with E-state index >= 15 is 0 Å². The molecule has 2 aliphatic heterocycles. The summed E-state index contributed by atoms with van der Waals surface area (Å²) in [5, 5.41) is 2.94. The minimum Gasteiger partial charge on any atom is -0.339 e. The highest BCUT2D eigenvalue weighted by molar-refractivity contribution is 7.89. The van der Waals surface area contributed by atoms with Crippen LogP contribution in [-0.2, 0) is 14.8 Å². The Hall–Kier alpha value is -2.38. The molecule has 142 valence electrons. The molecule has 6 nitrogen and oxygen atoms in total. The number of nitrogens with zero attached hydrogens (tertiary/aromatic N) is 2. The molecule has 0 saturated carbocycles. The first-order valence-corrected chi connectivity index (χ1v) is 10.6. The van der Waals surface area contributed by atoms with E-state index in [1.807, 2.05) is 37.3 Å². The van der Waals surface area contributed by atoms with Crippen molar-refractivity contribution in [2.75, 3.05) is 24.7 Å². The van der Waals surface area contributed by atoms with Gasteiger partial charge >= 0.3 is 0 Å². The molecule has 0 radical (unpaired) electrons. The van der Waals surface area contributed by atoms with Crippen molar-refractivity contribution in [1.29, 1.82) is 0 Å². The number of aryl methyl sites for hydroxylation is 1.